The van der Waals surface area contributed by atoms with E-state index < -0.39 is 5.97 Å². The summed E-state index contributed by atoms with van der Waals surface area (Å²) in [6, 6.07) is 25.0. The number of ether oxygens (including phenoxy) is 2. The number of nitrogens with zero attached hydrogens (tertiary/aromatic N) is 3. The van der Waals surface area contributed by atoms with Gasteiger partial charge in [0.15, 0.2) is 0 Å². The van der Waals surface area contributed by atoms with Crippen LogP contribution in [0.3, 0.4) is 0 Å². The number of carbonyl (C=O) groups excluding carboxylic acids is 3. The summed E-state index contributed by atoms with van der Waals surface area (Å²) in [7, 11) is 0. The normalized spacial score (nSPS) is 14.2. The van der Waals surface area contributed by atoms with Crippen LogP contribution >= 0.6 is 0 Å². The maximum atomic E-state index is 13.1. The number of hydrogen-bond acceptors (Lipinski definition) is 7. The minimum atomic E-state index is -0.426. The zero-order chi connectivity index (χ0) is 32.8. The van der Waals surface area contributed by atoms with E-state index in [1.165, 1.54) is 12.8 Å². The third kappa shape index (κ3) is 10.2. The van der Waals surface area contributed by atoms with Gasteiger partial charge >= 0.3 is 5.97 Å². The van der Waals surface area contributed by atoms with Crippen molar-refractivity contribution >= 4 is 29.4 Å². The van der Waals surface area contributed by atoms with Crippen molar-refractivity contribution in [3.05, 3.63) is 95.6 Å². The van der Waals surface area contributed by atoms with E-state index in [-0.39, 0.29) is 31.4 Å². The Bertz CT molecular complexity index is 1500. The lowest BCUT2D eigenvalue weighted by Crippen LogP contribution is -2.47. The molecule has 0 spiro atoms. The Morgan fingerprint density at radius 1 is 0.936 bits per heavy atom. The van der Waals surface area contributed by atoms with Crippen LogP contribution in [0.5, 0.6) is 5.75 Å². The van der Waals surface area contributed by atoms with Crippen molar-refractivity contribution < 1.29 is 23.9 Å². The van der Waals surface area contributed by atoms with Crippen LogP contribution in [0.25, 0.3) is 0 Å². The van der Waals surface area contributed by atoms with E-state index in [4.69, 9.17) is 14.5 Å². The summed E-state index contributed by atoms with van der Waals surface area (Å²) in [5, 5.41) is 2.91. The van der Waals surface area contributed by atoms with Crippen LogP contribution in [0.1, 0.15) is 75.0 Å². The Morgan fingerprint density at radius 2 is 1.66 bits per heavy atom. The first kappa shape index (κ1) is 33.7. The van der Waals surface area contributed by atoms with E-state index in [0.717, 1.165) is 48.9 Å². The summed E-state index contributed by atoms with van der Waals surface area (Å²) >= 11 is 0. The predicted octanol–water partition coefficient (Wildman–Crippen LogP) is 6.32. The number of carbonyl (C=O) groups is 3. The molecule has 1 aliphatic carbocycles. The lowest BCUT2D eigenvalue weighted by Gasteiger charge is -2.30. The molecule has 1 N–H and O–H groups in total. The molecular formula is C38H46N4O5. The highest BCUT2D eigenvalue weighted by atomic mass is 16.5. The topological polar surface area (TPSA) is 101 Å². The first-order chi connectivity index (χ1) is 23.0. The predicted molar refractivity (Wildman–Crippen MR) is 182 cm³/mol. The van der Waals surface area contributed by atoms with Crippen molar-refractivity contribution in [1.82, 2.24) is 15.1 Å². The third-order valence-corrected chi connectivity index (χ3v) is 8.60. The van der Waals surface area contributed by atoms with E-state index >= 15 is 0 Å². The van der Waals surface area contributed by atoms with Gasteiger partial charge in [0.2, 0.25) is 17.8 Å². The van der Waals surface area contributed by atoms with Gasteiger partial charge in [0.1, 0.15) is 18.9 Å². The molecule has 9 nitrogen and oxygen atoms in total. The molecule has 9 heteroatoms. The van der Waals surface area contributed by atoms with Gasteiger partial charge < -0.3 is 19.3 Å². The largest absolute Gasteiger partial charge is 0.494 e. The molecule has 1 aliphatic heterocycles. The number of amides is 2. The molecule has 0 unspecified atom stereocenters. The molecule has 2 amide bonds. The molecule has 0 atom stereocenters. The lowest BCUT2D eigenvalue weighted by molar-refractivity contribution is -0.145. The minimum Gasteiger partial charge on any atom is -0.494 e. The Balaban J connectivity index is 1.20. The number of hydrogen-bond donors (Lipinski definition) is 1. The van der Waals surface area contributed by atoms with Crippen LogP contribution < -0.4 is 10.1 Å². The summed E-state index contributed by atoms with van der Waals surface area (Å²) in [6.45, 7) is 3.85. The average molecular weight is 639 g/mol. The summed E-state index contributed by atoms with van der Waals surface area (Å²) in [4.78, 5) is 47.5. The number of benzene rings is 3. The fourth-order valence-electron chi connectivity index (χ4n) is 6.09. The van der Waals surface area contributed by atoms with Gasteiger partial charge in [-0.25, -0.2) is 4.99 Å². The monoisotopic (exact) mass is 638 g/mol. The van der Waals surface area contributed by atoms with Crippen LogP contribution in [0.2, 0.25) is 0 Å². The van der Waals surface area contributed by atoms with E-state index in [1.54, 1.807) is 4.90 Å². The van der Waals surface area contributed by atoms with Crippen molar-refractivity contribution in [3.8, 4) is 5.75 Å². The number of nitrogens with one attached hydrogen (secondary N) is 1. The molecule has 5 rings (SSSR count). The molecule has 47 heavy (non-hydrogen) atoms. The Hall–Kier alpha value is -4.66. The Labute approximate surface area is 278 Å². The number of aliphatic imine (C=N–C) groups is 1. The first-order valence-electron chi connectivity index (χ1n) is 16.9. The number of unbranched alkanes of at least 4 members (excludes halogenated alkanes) is 1. The van der Waals surface area contributed by atoms with E-state index in [0.29, 0.717) is 49.4 Å². The molecule has 1 heterocycles. The zero-order valence-corrected chi connectivity index (χ0v) is 27.4. The summed E-state index contributed by atoms with van der Waals surface area (Å²) in [5.41, 5.74) is 3.33. The average Bonchev–Trinajstić information content (AvgIpc) is 3.62. The number of guanidine groups is 1. The molecule has 248 valence electrons. The molecule has 0 radical (unpaired) electrons. The van der Waals surface area contributed by atoms with Crippen LogP contribution in [0, 0.1) is 0 Å². The van der Waals surface area contributed by atoms with Crippen LogP contribution in [0.4, 0.5) is 5.69 Å². The van der Waals surface area contributed by atoms with Gasteiger partial charge in [-0.15, -0.1) is 0 Å². The van der Waals surface area contributed by atoms with Gasteiger partial charge in [0.05, 0.1) is 18.7 Å². The molecular weight excluding hydrogens is 592 g/mol. The molecule has 2 aliphatic rings. The van der Waals surface area contributed by atoms with Crippen LogP contribution in [0.15, 0.2) is 83.9 Å². The smallest absolute Gasteiger partial charge is 0.325 e. The molecule has 0 bridgehead atoms. The quantitative estimate of drug-likeness (QED) is 0.154. The Kier molecular flexibility index (Phi) is 12.4. The van der Waals surface area contributed by atoms with Crippen molar-refractivity contribution in [3.63, 3.8) is 0 Å². The molecule has 1 saturated carbocycles. The van der Waals surface area contributed by atoms with Gasteiger partial charge in [-0.3, -0.25) is 19.7 Å². The lowest BCUT2D eigenvalue weighted by atomic mass is 10.1. The van der Waals surface area contributed by atoms with Gasteiger partial charge in [-0.1, -0.05) is 86.8 Å². The van der Waals surface area contributed by atoms with E-state index in [9.17, 15) is 14.4 Å². The maximum Gasteiger partial charge on any atom is 0.325 e. The highest BCUT2D eigenvalue weighted by molar-refractivity contribution is 6.00. The van der Waals surface area contributed by atoms with Crippen LogP contribution in [-0.2, 0) is 38.7 Å². The first-order valence-corrected chi connectivity index (χ1v) is 16.9. The fourth-order valence-corrected chi connectivity index (χ4v) is 6.09. The number of esters is 1. The maximum absolute atomic E-state index is 13.1. The van der Waals surface area contributed by atoms with Gasteiger partial charge in [0, 0.05) is 31.1 Å². The zero-order valence-electron chi connectivity index (χ0n) is 27.4. The second-order valence-electron chi connectivity index (χ2n) is 12.3. The fraction of sp³-hybridized carbons (Fsp3) is 0.421. The highest BCUT2D eigenvalue weighted by Crippen LogP contribution is 2.30. The standard InChI is InChI=1S/C38H46N4O5/c1-2-3-22-42(32-17-10-11-18-32)36(44)19-12-23-46-33-20-21-34-31(25-33)26-41(27-37(45)47-28-30-15-8-5-9-16-30)38(39-34)40-35(43)24-29-13-6-4-7-14-29/h4-9,13-16,20-21,25,32H,2-3,10-12,17-19,22-24,26-28H2,1H3,(H,39,40,43). The van der Waals surface area contributed by atoms with Gasteiger partial charge in [-0.2, -0.15) is 0 Å². The second kappa shape index (κ2) is 17.3. The second-order valence-corrected chi connectivity index (χ2v) is 12.3. The van der Waals surface area contributed by atoms with Crippen LogP contribution in [-0.4, -0.2) is 59.3 Å². The van der Waals surface area contributed by atoms with Crippen molar-refractivity contribution in [2.24, 2.45) is 4.99 Å². The summed E-state index contributed by atoms with van der Waals surface area (Å²) in [6.07, 6.45) is 8.06. The van der Waals surface area contributed by atoms with E-state index in [2.05, 4.69) is 17.1 Å². The molecule has 3 aromatic carbocycles. The number of fused-ring (bicyclic) bond motifs is 1. The van der Waals surface area contributed by atoms with Crippen molar-refractivity contribution in [2.75, 3.05) is 19.7 Å². The SMILES string of the molecule is CCCCN(C(=O)CCCOc1ccc2c(c1)CN(CC(=O)OCc1ccccc1)C(NC(=O)Cc1ccccc1)=N2)C1CCCC1. The summed E-state index contributed by atoms with van der Waals surface area (Å²) in [5.74, 6) is 0.553. The van der Waals surface area contributed by atoms with Gasteiger partial charge in [0.25, 0.3) is 0 Å². The molecule has 3 aromatic rings. The molecule has 0 saturated heterocycles. The van der Waals surface area contributed by atoms with Gasteiger partial charge in [-0.05, 0) is 55.0 Å². The number of rotatable bonds is 15. The molecule has 1 fully saturated rings. The van der Waals surface area contributed by atoms with E-state index in [1.807, 2.05) is 78.9 Å². The molecule has 0 aromatic heterocycles. The third-order valence-electron chi connectivity index (χ3n) is 8.60. The van der Waals surface area contributed by atoms with Crippen molar-refractivity contribution in [1.29, 1.82) is 0 Å². The Morgan fingerprint density at radius 3 is 2.38 bits per heavy atom. The van der Waals surface area contributed by atoms with Crippen molar-refractivity contribution in [2.45, 2.75) is 83.9 Å². The minimum absolute atomic E-state index is 0.0839. The summed E-state index contributed by atoms with van der Waals surface area (Å²) < 4.78 is 11.6. The highest BCUT2D eigenvalue weighted by Gasteiger charge is 2.27.